The van der Waals surface area contributed by atoms with Gasteiger partial charge in [-0.3, -0.25) is 0 Å². The summed E-state index contributed by atoms with van der Waals surface area (Å²) in [6, 6.07) is 14.5. The van der Waals surface area contributed by atoms with E-state index in [1.165, 1.54) is 16.5 Å². The number of hydrogen-bond donors (Lipinski definition) is 2. The van der Waals surface area contributed by atoms with Gasteiger partial charge >= 0.3 is 6.03 Å². The van der Waals surface area contributed by atoms with Crippen LogP contribution in [0.5, 0.6) is 0 Å². The maximum Gasteiger partial charge on any atom is 0.322 e. The lowest BCUT2D eigenvalue weighted by molar-refractivity contribution is 0.206. The van der Waals surface area contributed by atoms with Gasteiger partial charge in [0.1, 0.15) is 0 Å². The Bertz CT molecular complexity index is 971. The molecule has 2 heterocycles. The van der Waals surface area contributed by atoms with Crippen molar-refractivity contribution in [3.05, 3.63) is 64.8 Å². The zero-order valence-electron chi connectivity index (χ0n) is 15.6. The van der Waals surface area contributed by atoms with Crippen molar-refractivity contribution < 1.29 is 4.79 Å². The molecule has 2 aromatic carbocycles. The molecule has 26 heavy (non-hydrogen) atoms. The smallest absolute Gasteiger partial charge is 0.322 e. The third-order valence-corrected chi connectivity index (χ3v) is 5.33. The summed E-state index contributed by atoms with van der Waals surface area (Å²) >= 11 is 0. The van der Waals surface area contributed by atoms with Crippen molar-refractivity contribution in [3.63, 3.8) is 0 Å². The highest BCUT2D eigenvalue weighted by atomic mass is 16.2. The molecule has 0 spiro atoms. The maximum atomic E-state index is 12.9. The molecule has 0 saturated heterocycles. The molecule has 4 nitrogen and oxygen atoms in total. The lowest BCUT2D eigenvalue weighted by Gasteiger charge is -2.28. The van der Waals surface area contributed by atoms with E-state index in [4.69, 9.17) is 0 Å². The Balaban J connectivity index is 1.57. The number of anilines is 1. The van der Waals surface area contributed by atoms with E-state index in [1.54, 1.807) is 0 Å². The third kappa shape index (κ3) is 2.85. The van der Waals surface area contributed by atoms with Gasteiger partial charge in [-0.15, -0.1) is 0 Å². The minimum absolute atomic E-state index is 0.0227. The Labute approximate surface area is 154 Å². The molecule has 4 rings (SSSR count). The second kappa shape index (κ2) is 6.52. The molecule has 1 aliphatic rings. The summed E-state index contributed by atoms with van der Waals surface area (Å²) in [4.78, 5) is 18.3. The minimum Gasteiger partial charge on any atom is -0.357 e. The molecule has 0 atom stereocenters. The minimum atomic E-state index is -0.0227. The first-order chi connectivity index (χ1) is 12.5. The van der Waals surface area contributed by atoms with Gasteiger partial charge in [0, 0.05) is 28.8 Å². The van der Waals surface area contributed by atoms with Crippen LogP contribution in [0.2, 0.25) is 0 Å². The molecular weight excluding hydrogens is 322 g/mol. The quantitative estimate of drug-likeness (QED) is 0.658. The number of benzene rings is 2. The van der Waals surface area contributed by atoms with Gasteiger partial charge in [-0.05, 0) is 42.0 Å². The number of H-pyrrole nitrogens is 1. The zero-order valence-corrected chi connectivity index (χ0v) is 15.6. The van der Waals surface area contributed by atoms with Crippen LogP contribution in [0.3, 0.4) is 0 Å². The molecule has 0 radical (unpaired) electrons. The maximum absolute atomic E-state index is 12.9. The van der Waals surface area contributed by atoms with Gasteiger partial charge < -0.3 is 15.2 Å². The van der Waals surface area contributed by atoms with Crippen molar-refractivity contribution >= 4 is 22.6 Å². The first kappa shape index (κ1) is 16.7. The fourth-order valence-electron chi connectivity index (χ4n) is 3.89. The number of fused-ring (bicyclic) bond motifs is 3. The normalized spacial score (nSPS) is 13.9. The Morgan fingerprint density at radius 3 is 2.77 bits per heavy atom. The Morgan fingerprint density at radius 2 is 1.96 bits per heavy atom. The largest absolute Gasteiger partial charge is 0.357 e. The summed E-state index contributed by atoms with van der Waals surface area (Å²) in [6.07, 6.45) is 0.886. The van der Waals surface area contributed by atoms with E-state index in [2.05, 4.69) is 54.5 Å². The van der Waals surface area contributed by atoms with Crippen LogP contribution in [-0.4, -0.2) is 22.5 Å². The van der Waals surface area contributed by atoms with E-state index in [9.17, 15) is 4.79 Å². The average Bonchev–Trinajstić information content (AvgIpc) is 3.00. The molecule has 0 aliphatic carbocycles. The number of amides is 2. The van der Waals surface area contributed by atoms with Gasteiger partial charge in [0.2, 0.25) is 0 Å². The van der Waals surface area contributed by atoms with E-state index in [0.29, 0.717) is 12.5 Å². The molecule has 134 valence electrons. The SMILES string of the molecule is Cc1cccc(C(C)C)c1NC(=O)N1CCc2c([nH]c3ccccc23)C1. The summed E-state index contributed by atoms with van der Waals surface area (Å²) in [5, 5.41) is 4.45. The van der Waals surface area contributed by atoms with Crippen LogP contribution in [0.4, 0.5) is 10.5 Å². The summed E-state index contributed by atoms with van der Waals surface area (Å²) in [7, 11) is 0. The molecule has 1 aromatic heterocycles. The predicted octanol–water partition coefficient (Wildman–Crippen LogP) is 5.19. The number of carbonyl (C=O) groups excluding carboxylic acids is 1. The number of urea groups is 1. The van der Waals surface area contributed by atoms with Crippen LogP contribution in [0.25, 0.3) is 10.9 Å². The molecule has 0 saturated carbocycles. The van der Waals surface area contributed by atoms with Crippen molar-refractivity contribution in [3.8, 4) is 0 Å². The number of rotatable bonds is 2. The number of aryl methyl sites for hydroxylation is 1. The molecular formula is C22H25N3O. The number of carbonyl (C=O) groups is 1. The van der Waals surface area contributed by atoms with Crippen LogP contribution < -0.4 is 5.32 Å². The number of aromatic amines is 1. The van der Waals surface area contributed by atoms with Crippen molar-refractivity contribution in [1.29, 1.82) is 0 Å². The van der Waals surface area contributed by atoms with Gasteiger partial charge in [0.15, 0.2) is 0 Å². The van der Waals surface area contributed by atoms with Gasteiger partial charge in [-0.1, -0.05) is 50.2 Å². The molecule has 4 heteroatoms. The van der Waals surface area contributed by atoms with Crippen LogP contribution in [0, 0.1) is 6.92 Å². The number of nitrogens with one attached hydrogen (secondary N) is 2. The highest BCUT2D eigenvalue weighted by molar-refractivity contribution is 5.92. The Hall–Kier alpha value is -2.75. The molecule has 2 amide bonds. The molecule has 2 N–H and O–H groups in total. The topological polar surface area (TPSA) is 48.1 Å². The van der Waals surface area contributed by atoms with Crippen LogP contribution in [-0.2, 0) is 13.0 Å². The predicted molar refractivity (Wildman–Crippen MR) is 107 cm³/mol. The molecule has 1 aliphatic heterocycles. The van der Waals surface area contributed by atoms with Crippen molar-refractivity contribution in [2.75, 3.05) is 11.9 Å². The zero-order chi connectivity index (χ0) is 18.3. The van der Waals surface area contributed by atoms with Crippen molar-refractivity contribution in [2.45, 2.75) is 39.7 Å². The summed E-state index contributed by atoms with van der Waals surface area (Å²) in [5.74, 6) is 0.367. The van der Waals surface area contributed by atoms with Gasteiger partial charge in [-0.25, -0.2) is 4.79 Å². The Kier molecular flexibility index (Phi) is 4.19. The van der Waals surface area contributed by atoms with E-state index in [-0.39, 0.29) is 6.03 Å². The van der Waals surface area contributed by atoms with E-state index in [1.807, 2.05) is 24.0 Å². The van der Waals surface area contributed by atoms with Crippen LogP contribution in [0.15, 0.2) is 42.5 Å². The summed E-state index contributed by atoms with van der Waals surface area (Å²) < 4.78 is 0. The van der Waals surface area contributed by atoms with Gasteiger partial charge in [-0.2, -0.15) is 0 Å². The van der Waals surface area contributed by atoms with Crippen molar-refractivity contribution in [1.82, 2.24) is 9.88 Å². The van der Waals surface area contributed by atoms with Crippen LogP contribution >= 0.6 is 0 Å². The Morgan fingerprint density at radius 1 is 1.15 bits per heavy atom. The number of para-hydroxylation sites is 2. The second-order valence-electron chi connectivity index (χ2n) is 7.42. The molecule has 0 unspecified atom stereocenters. The van der Waals surface area contributed by atoms with E-state index < -0.39 is 0 Å². The fourth-order valence-corrected chi connectivity index (χ4v) is 3.89. The summed E-state index contributed by atoms with van der Waals surface area (Å²) in [5.41, 5.74) is 6.90. The lowest BCUT2D eigenvalue weighted by atomic mass is 9.98. The number of aromatic nitrogens is 1. The van der Waals surface area contributed by atoms with Gasteiger partial charge in [0.05, 0.1) is 6.54 Å². The highest BCUT2D eigenvalue weighted by Crippen LogP contribution is 2.30. The molecule has 3 aromatic rings. The highest BCUT2D eigenvalue weighted by Gasteiger charge is 2.24. The van der Waals surface area contributed by atoms with E-state index in [0.717, 1.165) is 35.4 Å². The van der Waals surface area contributed by atoms with Gasteiger partial charge in [0.25, 0.3) is 0 Å². The standard InChI is InChI=1S/C22H25N3O/c1-14(2)16-9-6-7-15(3)21(16)24-22(26)25-12-11-18-17-8-4-5-10-19(17)23-20(18)13-25/h4-10,14,23H,11-13H2,1-3H3,(H,24,26). The average molecular weight is 347 g/mol. The molecule has 0 bridgehead atoms. The first-order valence-electron chi connectivity index (χ1n) is 9.28. The van der Waals surface area contributed by atoms with E-state index >= 15 is 0 Å². The second-order valence-corrected chi connectivity index (χ2v) is 7.42. The fraction of sp³-hybridized carbons (Fsp3) is 0.318. The first-order valence-corrected chi connectivity index (χ1v) is 9.28. The monoisotopic (exact) mass is 347 g/mol. The van der Waals surface area contributed by atoms with Crippen LogP contribution in [0.1, 0.15) is 42.1 Å². The summed E-state index contributed by atoms with van der Waals surface area (Å²) in [6.45, 7) is 7.72. The van der Waals surface area contributed by atoms with Crippen molar-refractivity contribution in [2.24, 2.45) is 0 Å². The molecule has 0 fully saturated rings. The lowest BCUT2D eigenvalue weighted by Crippen LogP contribution is -2.39. The third-order valence-electron chi connectivity index (χ3n) is 5.33. The number of hydrogen-bond acceptors (Lipinski definition) is 1. The number of nitrogens with zero attached hydrogens (tertiary/aromatic N) is 1.